The van der Waals surface area contributed by atoms with Gasteiger partial charge in [0.1, 0.15) is 6.04 Å². The smallest absolute Gasteiger partial charge is 0.243 e. The highest BCUT2D eigenvalue weighted by Gasteiger charge is 2.36. The lowest BCUT2D eigenvalue weighted by atomic mass is 10.1. The van der Waals surface area contributed by atoms with Crippen LogP contribution >= 0.6 is 0 Å². The van der Waals surface area contributed by atoms with E-state index in [2.05, 4.69) is 10.1 Å². The molecule has 1 aliphatic heterocycles. The zero-order chi connectivity index (χ0) is 25.6. The third kappa shape index (κ3) is 6.47. The lowest BCUT2D eigenvalue weighted by Crippen LogP contribution is -2.57. The first-order chi connectivity index (χ1) is 16.7. The third-order valence-corrected chi connectivity index (χ3v) is 7.35. The maximum Gasteiger partial charge on any atom is 0.243 e. The van der Waals surface area contributed by atoms with E-state index in [1.807, 2.05) is 19.1 Å². The monoisotopic (exact) mass is 504 g/mol. The number of nitrogens with two attached hydrogens (primary N) is 1. The van der Waals surface area contributed by atoms with Gasteiger partial charge in [-0.2, -0.15) is 4.72 Å². The zero-order valence-electron chi connectivity index (χ0n) is 19.6. The number of nitrogens with zero attached hydrogens (tertiary/aromatic N) is 2. The average molecular weight is 505 g/mol. The number of sulfonamides is 1. The molecule has 2 atom stereocenters. The Bertz CT molecular complexity index is 1190. The number of carbonyl (C=O) groups is 2. The van der Waals surface area contributed by atoms with Gasteiger partial charge in [0.05, 0.1) is 24.1 Å². The second kappa shape index (κ2) is 11.5. The maximum absolute atomic E-state index is 13.3. The Balaban J connectivity index is 1.75. The lowest BCUT2D eigenvalue weighted by molar-refractivity contribution is -0.139. The van der Waals surface area contributed by atoms with Crippen molar-refractivity contribution in [3.05, 3.63) is 42.5 Å². The number of hydrazine groups is 1. The van der Waals surface area contributed by atoms with Crippen LogP contribution in [0.25, 0.3) is 10.8 Å². The number of aliphatic hydroxyl groups excluding tert-OH is 1. The van der Waals surface area contributed by atoms with Crippen LogP contribution < -0.4 is 15.9 Å². The summed E-state index contributed by atoms with van der Waals surface area (Å²) in [7, 11) is -4.09. The molecule has 35 heavy (non-hydrogen) atoms. The number of carbonyl (C=O) groups excluding carboxylic acids is 2. The normalized spacial score (nSPS) is 16.7. The van der Waals surface area contributed by atoms with Crippen LogP contribution in [-0.4, -0.2) is 73.0 Å². The SMILES string of the molecule is CCCC(=O)N(CC1CCCN1C(=O)C(CO)NS(=O)(=O)c1ccc2ccccc2c1)NC(=N)N. The Morgan fingerprint density at radius 2 is 1.97 bits per heavy atom. The summed E-state index contributed by atoms with van der Waals surface area (Å²) in [5.41, 5.74) is 7.93. The van der Waals surface area contributed by atoms with Crippen molar-refractivity contribution in [3.63, 3.8) is 0 Å². The molecule has 2 aromatic carbocycles. The van der Waals surface area contributed by atoms with E-state index in [1.54, 1.807) is 18.2 Å². The zero-order valence-corrected chi connectivity index (χ0v) is 20.4. The van der Waals surface area contributed by atoms with Gasteiger partial charge >= 0.3 is 0 Å². The predicted octanol–water partition coefficient (Wildman–Crippen LogP) is 0.497. The van der Waals surface area contributed by atoms with Crippen molar-refractivity contribution >= 4 is 38.6 Å². The summed E-state index contributed by atoms with van der Waals surface area (Å²) in [6.07, 6.45) is 2.08. The van der Waals surface area contributed by atoms with E-state index in [4.69, 9.17) is 11.1 Å². The van der Waals surface area contributed by atoms with Crippen molar-refractivity contribution in [3.8, 4) is 0 Å². The molecule has 1 fully saturated rings. The molecule has 0 radical (unpaired) electrons. The minimum Gasteiger partial charge on any atom is -0.394 e. The van der Waals surface area contributed by atoms with E-state index in [9.17, 15) is 23.1 Å². The van der Waals surface area contributed by atoms with Gasteiger partial charge in [0, 0.05) is 13.0 Å². The van der Waals surface area contributed by atoms with Gasteiger partial charge < -0.3 is 15.7 Å². The summed E-state index contributed by atoms with van der Waals surface area (Å²) in [5.74, 6) is -1.25. The van der Waals surface area contributed by atoms with Crippen LogP contribution in [0.3, 0.4) is 0 Å². The van der Waals surface area contributed by atoms with E-state index in [0.29, 0.717) is 25.8 Å². The Kier molecular flexibility index (Phi) is 8.65. The largest absolute Gasteiger partial charge is 0.394 e. The van der Waals surface area contributed by atoms with Gasteiger partial charge in [0.25, 0.3) is 0 Å². The van der Waals surface area contributed by atoms with E-state index in [1.165, 1.54) is 22.0 Å². The number of rotatable bonds is 9. The molecule has 0 spiro atoms. The number of nitrogens with one attached hydrogen (secondary N) is 3. The second-order valence-corrected chi connectivity index (χ2v) is 10.2. The van der Waals surface area contributed by atoms with Gasteiger partial charge in [-0.05, 0) is 42.2 Å². The molecular formula is C23H32N6O5S. The van der Waals surface area contributed by atoms with Crippen LogP contribution in [0.4, 0.5) is 0 Å². The standard InChI is InChI=1S/C23H32N6O5S/c1-2-6-21(31)29(26-23(24)25)14-18-9-5-12-28(18)22(32)20(15-30)27-35(33,34)19-11-10-16-7-3-4-8-17(16)13-19/h3-4,7-8,10-11,13,18,20,27,30H,2,5-6,9,12,14-15H2,1H3,(H4,24,25,26). The number of fused-ring (bicyclic) bond motifs is 1. The molecule has 3 rings (SSSR count). The molecule has 1 aliphatic rings. The van der Waals surface area contributed by atoms with E-state index in [-0.39, 0.29) is 23.8 Å². The van der Waals surface area contributed by atoms with Crippen molar-refractivity contribution in [1.82, 2.24) is 20.1 Å². The molecule has 0 saturated carbocycles. The molecule has 1 heterocycles. The van der Waals surface area contributed by atoms with Gasteiger partial charge in [0.15, 0.2) is 0 Å². The maximum atomic E-state index is 13.3. The number of benzene rings is 2. The molecule has 11 nitrogen and oxygen atoms in total. The Morgan fingerprint density at radius 1 is 1.26 bits per heavy atom. The van der Waals surface area contributed by atoms with Crippen LogP contribution in [0.15, 0.2) is 47.4 Å². The van der Waals surface area contributed by atoms with Crippen molar-refractivity contribution < 1.29 is 23.1 Å². The van der Waals surface area contributed by atoms with Crippen molar-refractivity contribution in [2.45, 2.75) is 49.6 Å². The Hall–Kier alpha value is -3.22. The summed E-state index contributed by atoms with van der Waals surface area (Å²) >= 11 is 0. The molecular weight excluding hydrogens is 472 g/mol. The molecule has 2 unspecified atom stereocenters. The molecule has 6 N–H and O–H groups in total. The van der Waals surface area contributed by atoms with Gasteiger partial charge in [-0.1, -0.05) is 37.3 Å². The molecule has 12 heteroatoms. The van der Waals surface area contributed by atoms with Crippen LogP contribution in [0.5, 0.6) is 0 Å². The number of aliphatic hydroxyl groups is 1. The lowest BCUT2D eigenvalue weighted by Gasteiger charge is -2.32. The predicted molar refractivity (Wildman–Crippen MR) is 132 cm³/mol. The molecule has 0 aliphatic carbocycles. The Morgan fingerprint density at radius 3 is 2.63 bits per heavy atom. The first-order valence-corrected chi connectivity index (χ1v) is 13.0. The Labute approximate surface area is 204 Å². The summed E-state index contributed by atoms with van der Waals surface area (Å²) in [5, 5.41) is 20.2. The summed E-state index contributed by atoms with van der Waals surface area (Å²) < 4.78 is 28.4. The molecule has 190 valence electrons. The summed E-state index contributed by atoms with van der Waals surface area (Å²) in [4.78, 5) is 27.2. The van der Waals surface area contributed by atoms with Gasteiger partial charge in [-0.15, -0.1) is 0 Å². The van der Waals surface area contributed by atoms with Gasteiger partial charge in [-0.25, -0.2) is 8.42 Å². The minimum absolute atomic E-state index is 0.0117. The first kappa shape index (κ1) is 26.4. The molecule has 2 amide bonds. The fourth-order valence-corrected chi connectivity index (χ4v) is 5.40. The quantitative estimate of drug-likeness (QED) is 0.188. The number of hydrogen-bond acceptors (Lipinski definition) is 6. The van der Waals surface area contributed by atoms with Crippen molar-refractivity contribution in [1.29, 1.82) is 5.41 Å². The molecule has 2 aromatic rings. The van der Waals surface area contributed by atoms with Crippen LogP contribution in [0.1, 0.15) is 32.6 Å². The minimum atomic E-state index is -4.09. The number of guanidine groups is 1. The average Bonchev–Trinajstić information content (AvgIpc) is 3.29. The molecule has 1 saturated heterocycles. The van der Waals surface area contributed by atoms with E-state index < -0.39 is 40.6 Å². The third-order valence-electron chi connectivity index (χ3n) is 5.88. The summed E-state index contributed by atoms with van der Waals surface area (Å²) in [6, 6.07) is 10.1. The summed E-state index contributed by atoms with van der Waals surface area (Å²) in [6.45, 7) is 1.56. The molecule has 0 bridgehead atoms. The highest BCUT2D eigenvalue weighted by Crippen LogP contribution is 2.22. The van der Waals surface area contributed by atoms with Crippen LogP contribution in [0, 0.1) is 5.41 Å². The van der Waals surface area contributed by atoms with Gasteiger partial charge in [0.2, 0.25) is 27.8 Å². The van der Waals surface area contributed by atoms with Crippen LogP contribution in [0.2, 0.25) is 0 Å². The van der Waals surface area contributed by atoms with Crippen molar-refractivity contribution in [2.75, 3.05) is 19.7 Å². The number of likely N-dealkylation sites (tertiary alicyclic amines) is 1. The topological polar surface area (TPSA) is 169 Å². The number of amides is 2. The van der Waals surface area contributed by atoms with Gasteiger partial charge in [-0.3, -0.25) is 25.4 Å². The van der Waals surface area contributed by atoms with Crippen molar-refractivity contribution in [2.24, 2.45) is 5.73 Å². The van der Waals surface area contributed by atoms with E-state index >= 15 is 0 Å². The fraction of sp³-hybridized carbons (Fsp3) is 0.435. The van der Waals surface area contributed by atoms with Crippen LogP contribution in [-0.2, 0) is 19.6 Å². The van der Waals surface area contributed by atoms with E-state index in [0.717, 1.165) is 10.8 Å². The second-order valence-electron chi connectivity index (χ2n) is 8.47. The highest BCUT2D eigenvalue weighted by atomic mass is 32.2. The molecule has 0 aromatic heterocycles. The first-order valence-electron chi connectivity index (χ1n) is 11.5. The fourth-order valence-electron chi connectivity index (χ4n) is 4.19. The number of hydrogen-bond donors (Lipinski definition) is 5. The highest BCUT2D eigenvalue weighted by molar-refractivity contribution is 7.89.